The topological polar surface area (TPSA) is 38.9 Å². The molecule has 0 spiro atoms. The van der Waals surface area contributed by atoms with Crippen molar-refractivity contribution in [1.29, 1.82) is 0 Å². The van der Waals surface area contributed by atoms with Crippen LogP contribution >= 0.6 is 11.6 Å². The van der Waals surface area contributed by atoms with Crippen LogP contribution in [0.4, 0.5) is 0 Å². The van der Waals surface area contributed by atoms with Crippen LogP contribution in [0.5, 0.6) is 0 Å². The zero-order valence-electron chi connectivity index (χ0n) is 5.50. The molecular weight excluding hydrogens is 148 g/mol. The smallest absolute Gasteiger partial charge is 0.0722 e. The molecule has 10 heavy (non-hydrogen) atoms. The summed E-state index contributed by atoms with van der Waals surface area (Å²) in [6, 6.07) is 3.76. The van der Waals surface area contributed by atoms with Gasteiger partial charge in [0, 0.05) is 18.9 Å². The van der Waals surface area contributed by atoms with Crippen molar-refractivity contribution in [2.24, 2.45) is 5.73 Å². The van der Waals surface area contributed by atoms with Crippen molar-refractivity contribution in [3.05, 3.63) is 30.1 Å². The third-order valence-electron chi connectivity index (χ3n) is 1.25. The van der Waals surface area contributed by atoms with Gasteiger partial charge in [0.15, 0.2) is 0 Å². The van der Waals surface area contributed by atoms with Gasteiger partial charge in [0.05, 0.1) is 5.38 Å². The van der Waals surface area contributed by atoms with Gasteiger partial charge in [-0.15, -0.1) is 11.6 Å². The molecular formula is C7H9ClN2. The predicted molar refractivity (Wildman–Crippen MR) is 41.9 cm³/mol. The van der Waals surface area contributed by atoms with E-state index in [-0.39, 0.29) is 5.38 Å². The van der Waals surface area contributed by atoms with Gasteiger partial charge in [0.2, 0.25) is 0 Å². The number of hydrogen-bond donors (Lipinski definition) is 1. The molecule has 1 atom stereocenters. The lowest BCUT2D eigenvalue weighted by atomic mass is 10.2. The third-order valence-corrected chi connectivity index (χ3v) is 1.68. The van der Waals surface area contributed by atoms with Crippen LogP contribution in [0.2, 0.25) is 0 Å². The van der Waals surface area contributed by atoms with Crippen LogP contribution in [0, 0.1) is 0 Å². The fourth-order valence-corrected chi connectivity index (χ4v) is 0.826. The Balaban J connectivity index is 2.75. The second-order valence-electron chi connectivity index (χ2n) is 1.99. The minimum absolute atomic E-state index is 0.103. The van der Waals surface area contributed by atoms with Gasteiger partial charge in [-0.2, -0.15) is 0 Å². The summed E-state index contributed by atoms with van der Waals surface area (Å²) >= 11 is 5.83. The highest BCUT2D eigenvalue weighted by atomic mass is 35.5. The van der Waals surface area contributed by atoms with Crippen LogP contribution < -0.4 is 5.73 Å². The zero-order valence-corrected chi connectivity index (χ0v) is 6.25. The highest BCUT2D eigenvalue weighted by molar-refractivity contribution is 6.20. The Morgan fingerprint density at radius 2 is 2.50 bits per heavy atom. The molecule has 0 saturated heterocycles. The fraction of sp³-hybridized carbons (Fsp3) is 0.286. The monoisotopic (exact) mass is 156 g/mol. The van der Waals surface area contributed by atoms with Gasteiger partial charge in [-0.25, -0.2) is 0 Å². The second-order valence-corrected chi connectivity index (χ2v) is 2.52. The Morgan fingerprint density at radius 3 is 3.00 bits per heavy atom. The van der Waals surface area contributed by atoms with E-state index in [0.717, 1.165) is 5.56 Å². The lowest BCUT2D eigenvalue weighted by Crippen LogP contribution is -2.06. The molecule has 1 rings (SSSR count). The molecule has 1 aromatic rings. The number of hydrogen-bond acceptors (Lipinski definition) is 2. The average Bonchev–Trinajstić information content (AvgIpc) is 2.05. The maximum Gasteiger partial charge on any atom is 0.0722 e. The Kier molecular flexibility index (Phi) is 2.66. The molecule has 0 aliphatic rings. The standard InChI is InChI=1S/C7H9ClN2/c8-7(4-9)6-2-1-3-10-5-6/h1-3,5,7H,4,9H2. The summed E-state index contributed by atoms with van der Waals surface area (Å²) in [6.07, 6.45) is 3.44. The van der Waals surface area contributed by atoms with Crippen LogP contribution in [-0.4, -0.2) is 11.5 Å². The number of rotatable bonds is 2. The molecule has 0 aromatic carbocycles. The van der Waals surface area contributed by atoms with Gasteiger partial charge in [-0.05, 0) is 11.6 Å². The van der Waals surface area contributed by atoms with Crippen molar-refractivity contribution in [1.82, 2.24) is 4.98 Å². The van der Waals surface area contributed by atoms with Crippen molar-refractivity contribution < 1.29 is 0 Å². The summed E-state index contributed by atoms with van der Waals surface area (Å²) in [5, 5.41) is -0.103. The van der Waals surface area contributed by atoms with Crippen molar-refractivity contribution in [2.75, 3.05) is 6.54 Å². The average molecular weight is 157 g/mol. The molecule has 0 bridgehead atoms. The van der Waals surface area contributed by atoms with E-state index in [1.165, 1.54) is 0 Å². The molecule has 0 aliphatic heterocycles. The first-order valence-electron chi connectivity index (χ1n) is 3.08. The fourth-order valence-electron chi connectivity index (χ4n) is 0.697. The molecule has 54 valence electrons. The summed E-state index contributed by atoms with van der Waals surface area (Å²) in [4.78, 5) is 3.91. The Morgan fingerprint density at radius 1 is 1.70 bits per heavy atom. The van der Waals surface area contributed by atoms with Gasteiger partial charge in [0.25, 0.3) is 0 Å². The number of halogens is 1. The molecule has 3 heteroatoms. The molecule has 0 fully saturated rings. The minimum Gasteiger partial charge on any atom is -0.329 e. The van der Waals surface area contributed by atoms with E-state index in [1.54, 1.807) is 12.4 Å². The van der Waals surface area contributed by atoms with E-state index in [1.807, 2.05) is 12.1 Å². The maximum absolute atomic E-state index is 5.83. The molecule has 0 amide bonds. The van der Waals surface area contributed by atoms with Crippen molar-refractivity contribution in [3.63, 3.8) is 0 Å². The predicted octanol–water partition coefficient (Wildman–Crippen LogP) is 1.32. The molecule has 1 heterocycles. The number of pyridine rings is 1. The number of nitrogens with zero attached hydrogens (tertiary/aromatic N) is 1. The van der Waals surface area contributed by atoms with Crippen LogP contribution in [-0.2, 0) is 0 Å². The van der Waals surface area contributed by atoms with Crippen LogP contribution in [0.25, 0.3) is 0 Å². The Bertz CT molecular complexity index is 188. The highest BCUT2D eigenvalue weighted by Crippen LogP contribution is 2.16. The molecule has 2 nitrogen and oxygen atoms in total. The van der Waals surface area contributed by atoms with Gasteiger partial charge < -0.3 is 5.73 Å². The Labute approximate surface area is 65.0 Å². The van der Waals surface area contributed by atoms with Crippen LogP contribution in [0.1, 0.15) is 10.9 Å². The summed E-state index contributed by atoms with van der Waals surface area (Å²) < 4.78 is 0. The molecule has 0 radical (unpaired) electrons. The third kappa shape index (κ3) is 1.69. The first-order chi connectivity index (χ1) is 4.84. The zero-order chi connectivity index (χ0) is 7.40. The first kappa shape index (κ1) is 7.51. The largest absolute Gasteiger partial charge is 0.329 e. The second kappa shape index (κ2) is 3.54. The molecule has 1 unspecified atom stereocenters. The van der Waals surface area contributed by atoms with Gasteiger partial charge in [0.1, 0.15) is 0 Å². The van der Waals surface area contributed by atoms with E-state index < -0.39 is 0 Å². The molecule has 2 N–H and O–H groups in total. The number of nitrogens with two attached hydrogens (primary N) is 1. The van der Waals surface area contributed by atoms with Crippen LogP contribution in [0.3, 0.4) is 0 Å². The summed E-state index contributed by atoms with van der Waals surface area (Å²) in [6.45, 7) is 0.452. The van der Waals surface area contributed by atoms with Crippen molar-refractivity contribution in [3.8, 4) is 0 Å². The van der Waals surface area contributed by atoms with E-state index in [9.17, 15) is 0 Å². The number of aromatic nitrogens is 1. The normalized spacial score (nSPS) is 13.0. The van der Waals surface area contributed by atoms with E-state index in [0.29, 0.717) is 6.54 Å². The van der Waals surface area contributed by atoms with Gasteiger partial charge >= 0.3 is 0 Å². The van der Waals surface area contributed by atoms with Crippen molar-refractivity contribution in [2.45, 2.75) is 5.38 Å². The lowest BCUT2D eigenvalue weighted by Gasteiger charge is -2.03. The van der Waals surface area contributed by atoms with Crippen molar-refractivity contribution >= 4 is 11.6 Å². The van der Waals surface area contributed by atoms with Gasteiger partial charge in [-0.1, -0.05) is 6.07 Å². The molecule has 0 saturated carbocycles. The summed E-state index contributed by atoms with van der Waals surface area (Å²) in [7, 11) is 0. The van der Waals surface area contributed by atoms with E-state index in [4.69, 9.17) is 17.3 Å². The number of alkyl halides is 1. The van der Waals surface area contributed by atoms with Crippen LogP contribution in [0.15, 0.2) is 24.5 Å². The molecule has 1 aromatic heterocycles. The highest BCUT2D eigenvalue weighted by Gasteiger charge is 2.02. The Hall–Kier alpha value is -0.600. The van der Waals surface area contributed by atoms with E-state index in [2.05, 4.69) is 4.98 Å². The van der Waals surface area contributed by atoms with E-state index >= 15 is 0 Å². The molecule has 0 aliphatic carbocycles. The first-order valence-corrected chi connectivity index (χ1v) is 3.52. The van der Waals surface area contributed by atoms with Gasteiger partial charge in [-0.3, -0.25) is 4.98 Å². The summed E-state index contributed by atoms with van der Waals surface area (Å²) in [5.74, 6) is 0. The summed E-state index contributed by atoms with van der Waals surface area (Å²) in [5.41, 5.74) is 6.32. The quantitative estimate of drug-likeness (QED) is 0.656. The minimum atomic E-state index is -0.103. The maximum atomic E-state index is 5.83. The SMILES string of the molecule is NCC(Cl)c1cccnc1. The lowest BCUT2D eigenvalue weighted by molar-refractivity contribution is 0.922.